The van der Waals surface area contributed by atoms with Gasteiger partial charge in [-0.3, -0.25) is 4.68 Å². The molecule has 0 fully saturated rings. The largest absolute Gasteiger partial charge is 0.462 e. The van der Waals surface area contributed by atoms with Crippen molar-refractivity contribution < 1.29 is 9.53 Å². The highest BCUT2D eigenvalue weighted by Crippen LogP contribution is 2.14. The number of aromatic nitrogens is 2. The molecule has 0 amide bonds. The molecule has 0 bridgehead atoms. The van der Waals surface area contributed by atoms with E-state index in [2.05, 4.69) is 31.7 Å². The Morgan fingerprint density at radius 3 is 2.46 bits per heavy atom. The third kappa shape index (κ3) is 5.64. The second-order valence-corrected chi connectivity index (χ2v) is 7.25. The highest BCUT2D eigenvalue weighted by Gasteiger charge is 2.07. The van der Waals surface area contributed by atoms with E-state index in [1.165, 1.54) is 0 Å². The molecule has 0 saturated heterocycles. The van der Waals surface area contributed by atoms with Crippen LogP contribution in [-0.2, 0) is 11.3 Å². The lowest BCUT2D eigenvalue weighted by Gasteiger charge is -2.09. The van der Waals surface area contributed by atoms with Gasteiger partial charge in [-0.25, -0.2) is 4.79 Å². The predicted octanol–water partition coefficient (Wildman–Crippen LogP) is 4.68. The molecular formula is C20H19BrN4O2S. The molecule has 0 aliphatic heterocycles. The summed E-state index contributed by atoms with van der Waals surface area (Å²) in [6.07, 6.45) is 3.61. The minimum Gasteiger partial charge on any atom is -0.462 e. The first-order valence-electron chi connectivity index (χ1n) is 8.65. The summed E-state index contributed by atoms with van der Waals surface area (Å²) in [5, 5.41) is 11.0. The summed E-state index contributed by atoms with van der Waals surface area (Å²) in [6, 6.07) is 15.0. The van der Waals surface area contributed by atoms with E-state index in [-0.39, 0.29) is 5.97 Å². The lowest BCUT2D eigenvalue weighted by atomic mass is 10.2. The molecule has 2 N–H and O–H groups in total. The van der Waals surface area contributed by atoms with E-state index in [0.29, 0.717) is 23.8 Å². The lowest BCUT2D eigenvalue weighted by molar-refractivity contribution is 0.0526. The molecular weight excluding hydrogens is 440 g/mol. The molecule has 0 aliphatic rings. The number of nitrogens with zero attached hydrogens (tertiary/aromatic N) is 2. The number of thiocarbonyl (C=S) groups is 1. The Balaban J connectivity index is 1.54. The third-order valence-corrected chi connectivity index (χ3v) is 4.54. The molecule has 144 valence electrons. The van der Waals surface area contributed by atoms with Crippen molar-refractivity contribution in [2.45, 2.75) is 13.5 Å². The van der Waals surface area contributed by atoms with E-state index in [9.17, 15) is 4.79 Å². The Labute approximate surface area is 177 Å². The zero-order valence-corrected chi connectivity index (χ0v) is 17.6. The minimum absolute atomic E-state index is 0.340. The Hall–Kier alpha value is -2.71. The molecule has 0 radical (unpaired) electrons. The van der Waals surface area contributed by atoms with Crippen LogP contribution in [0.15, 0.2) is 65.4 Å². The molecule has 0 atom stereocenters. The van der Waals surface area contributed by atoms with Crippen LogP contribution >= 0.6 is 28.1 Å². The number of esters is 1. The normalized spacial score (nSPS) is 10.4. The van der Waals surface area contributed by atoms with Crippen molar-refractivity contribution in [1.82, 2.24) is 9.78 Å². The third-order valence-electron chi connectivity index (χ3n) is 3.80. The van der Waals surface area contributed by atoms with Crippen LogP contribution in [0, 0.1) is 0 Å². The number of anilines is 2. The molecule has 3 aromatic rings. The smallest absolute Gasteiger partial charge is 0.338 e. The number of halogens is 1. The lowest BCUT2D eigenvalue weighted by Crippen LogP contribution is -2.18. The van der Waals surface area contributed by atoms with E-state index in [0.717, 1.165) is 21.4 Å². The Kier molecular flexibility index (Phi) is 6.78. The quantitative estimate of drug-likeness (QED) is 0.412. The summed E-state index contributed by atoms with van der Waals surface area (Å²) in [7, 11) is 0. The molecule has 0 aliphatic carbocycles. The van der Waals surface area contributed by atoms with Gasteiger partial charge in [0.15, 0.2) is 5.11 Å². The van der Waals surface area contributed by atoms with Crippen molar-refractivity contribution >= 4 is 50.6 Å². The summed E-state index contributed by atoms with van der Waals surface area (Å²) in [5.41, 5.74) is 3.21. The number of benzene rings is 2. The molecule has 0 saturated carbocycles. The molecule has 2 aromatic carbocycles. The number of carbonyl (C=O) groups excluding carboxylic acids is 1. The van der Waals surface area contributed by atoms with Crippen LogP contribution in [0.2, 0.25) is 0 Å². The summed E-state index contributed by atoms with van der Waals surface area (Å²) < 4.78 is 7.85. The first-order valence-corrected chi connectivity index (χ1v) is 9.85. The molecule has 28 heavy (non-hydrogen) atoms. The monoisotopic (exact) mass is 458 g/mol. The van der Waals surface area contributed by atoms with Crippen molar-refractivity contribution in [1.29, 1.82) is 0 Å². The molecule has 8 heteroatoms. The van der Waals surface area contributed by atoms with Crippen molar-refractivity contribution in [3.8, 4) is 0 Å². The molecule has 0 unspecified atom stereocenters. The van der Waals surface area contributed by atoms with Gasteiger partial charge >= 0.3 is 5.97 Å². The number of ether oxygens (including phenoxy) is 1. The van der Waals surface area contributed by atoms with E-state index >= 15 is 0 Å². The fourth-order valence-corrected chi connectivity index (χ4v) is 2.99. The van der Waals surface area contributed by atoms with Gasteiger partial charge in [-0.05, 0) is 61.1 Å². The SMILES string of the molecule is CCOC(=O)c1ccc(NC(=S)Nc2cnn(Cc3ccc(Br)cc3)c2)cc1. The Morgan fingerprint density at radius 1 is 1.11 bits per heavy atom. The van der Waals surface area contributed by atoms with E-state index in [1.807, 2.05) is 35.1 Å². The minimum atomic E-state index is -0.340. The maximum absolute atomic E-state index is 11.7. The van der Waals surface area contributed by atoms with Crippen molar-refractivity contribution in [2.75, 3.05) is 17.2 Å². The number of nitrogens with one attached hydrogen (secondary N) is 2. The highest BCUT2D eigenvalue weighted by atomic mass is 79.9. The second-order valence-electron chi connectivity index (χ2n) is 5.93. The number of hydrogen-bond acceptors (Lipinski definition) is 4. The van der Waals surface area contributed by atoms with Crippen LogP contribution in [-0.4, -0.2) is 27.5 Å². The number of rotatable bonds is 6. The summed E-state index contributed by atoms with van der Waals surface area (Å²) in [5.74, 6) is -0.340. The molecule has 3 rings (SSSR count). The van der Waals surface area contributed by atoms with Gasteiger partial charge in [0.25, 0.3) is 0 Å². The average Bonchev–Trinajstić information content (AvgIpc) is 3.11. The molecule has 1 aromatic heterocycles. The summed E-state index contributed by atoms with van der Waals surface area (Å²) in [4.78, 5) is 11.7. The van der Waals surface area contributed by atoms with Gasteiger partial charge in [0.05, 0.1) is 30.6 Å². The van der Waals surface area contributed by atoms with Crippen LogP contribution in [0.25, 0.3) is 0 Å². The van der Waals surface area contributed by atoms with Gasteiger partial charge in [-0.1, -0.05) is 28.1 Å². The van der Waals surface area contributed by atoms with Gasteiger partial charge in [0.2, 0.25) is 0 Å². The van der Waals surface area contributed by atoms with Gasteiger partial charge < -0.3 is 15.4 Å². The van der Waals surface area contributed by atoms with Crippen molar-refractivity contribution in [3.63, 3.8) is 0 Å². The van der Waals surface area contributed by atoms with Gasteiger partial charge in [-0.15, -0.1) is 0 Å². The van der Waals surface area contributed by atoms with Crippen LogP contribution in [0.5, 0.6) is 0 Å². The maximum Gasteiger partial charge on any atom is 0.338 e. The fourth-order valence-electron chi connectivity index (χ4n) is 2.49. The summed E-state index contributed by atoms with van der Waals surface area (Å²) >= 11 is 8.77. The zero-order chi connectivity index (χ0) is 19.9. The number of hydrogen-bond donors (Lipinski definition) is 2. The van der Waals surface area contributed by atoms with Crippen LogP contribution < -0.4 is 10.6 Å². The molecule has 0 spiro atoms. The Bertz CT molecular complexity index is 955. The van der Waals surface area contributed by atoms with Crippen molar-refractivity contribution in [3.05, 3.63) is 76.5 Å². The Morgan fingerprint density at radius 2 is 1.79 bits per heavy atom. The standard InChI is InChI=1S/C20H19BrN4O2S/c1-2-27-19(26)15-5-9-17(10-6-15)23-20(28)24-18-11-22-25(13-18)12-14-3-7-16(21)8-4-14/h3-11,13H,2,12H2,1H3,(H2,23,24,28). The van der Waals surface area contributed by atoms with Gasteiger partial charge in [-0.2, -0.15) is 5.10 Å². The van der Waals surface area contributed by atoms with E-state index in [1.54, 1.807) is 37.4 Å². The zero-order valence-electron chi connectivity index (χ0n) is 15.2. The van der Waals surface area contributed by atoms with Gasteiger partial charge in [0.1, 0.15) is 0 Å². The fraction of sp³-hybridized carbons (Fsp3) is 0.150. The van der Waals surface area contributed by atoms with Crippen LogP contribution in [0.1, 0.15) is 22.8 Å². The number of carbonyl (C=O) groups is 1. The van der Waals surface area contributed by atoms with E-state index < -0.39 is 0 Å². The predicted molar refractivity (Wildman–Crippen MR) is 118 cm³/mol. The molecule has 6 nitrogen and oxygen atoms in total. The second kappa shape index (κ2) is 9.48. The summed E-state index contributed by atoms with van der Waals surface area (Å²) in [6.45, 7) is 2.80. The van der Waals surface area contributed by atoms with Crippen LogP contribution in [0.3, 0.4) is 0 Å². The van der Waals surface area contributed by atoms with Gasteiger partial charge in [0, 0.05) is 16.4 Å². The van der Waals surface area contributed by atoms with E-state index in [4.69, 9.17) is 17.0 Å². The topological polar surface area (TPSA) is 68.2 Å². The van der Waals surface area contributed by atoms with Crippen LogP contribution in [0.4, 0.5) is 11.4 Å². The molecule has 1 heterocycles. The average molecular weight is 459 g/mol. The first kappa shape index (κ1) is 20.0. The maximum atomic E-state index is 11.7. The van der Waals surface area contributed by atoms with Crippen molar-refractivity contribution in [2.24, 2.45) is 0 Å². The first-order chi connectivity index (χ1) is 13.5. The highest BCUT2D eigenvalue weighted by molar-refractivity contribution is 9.10.